The molecule has 0 aromatic carbocycles. The third-order valence-electron chi connectivity index (χ3n) is 2.43. The highest BCUT2D eigenvalue weighted by Crippen LogP contribution is 2.20. The SMILES string of the molecule is CC(=O)CNNc1nc(N)nc2c1cnn2CC(C)=O. The van der Waals surface area contributed by atoms with Crippen LogP contribution in [0.5, 0.6) is 0 Å². The van der Waals surface area contributed by atoms with Crippen LogP contribution in [-0.4, -0.2) is 37.9 Å². The lowest BCUT2D eigenvalue weighted by Gasteiger charge is -2.08. The Morgan fingerprint density at radius 2 is 2.05 bits per heavy atom. The van der Waals surface area contributed by atoms with Crippen LogP contribution in [0.2, 0.25) is 0 Å². The lowest BCUT2D eigenvalue weighted by atomic mass is 10.4. The lowest BCUT2D eigenvalue weighted by molar-refractivity contribution is -0.118. The van der Waals surface area contributed by atoms with Crippen molar-refractivity contribution in [2.45, 2.75) is 20.4 Å². The van der Waals surface area contributed by atoms with E-state index in [1.54, 1.807) is 0 Å². The summed E-state index contributed by atoms with van der Waals surface area (Å²) in [6, 6.07) is 0. The Hall–Kier alpha value is -2.55. The van der Waals surface area contributed by atoms with Crippen molar-refractivity contribution in [3.05, 3.63) is 6.20 Å². The van der Waals surface area contributed by atoms with E-state index in [0.717, 1.165) is 0 Å². The van der Waals surface area contributed by atoms with Gasteiger partial charge in [0.2, 0.25) is 5.95 Å². The molecule has 0 radical (unpaired) electrons. The average Bonchev–Trinajstić information content (AvgIpc) is 2.71. The summed E-state index contributed by atoms with van der Waals surface area (Å²) >= 11 is 0. The highest BCUT2D eigenvalue weighted by molar-refractivity contribution is 5.88. The predicted octanol–water partition coefficient (Wildman–Crippen LogP) is -0.497. The van der Waals surface area contributed by atoms with Gasteiger partial charge in [0.25, 0.3) is 0 Å². The normalized spacial score (nSPS) is 10.7. The fraction of sp³-hybridized carbons (Fsp3) is 0.364. The molecular formula is C11H15N7O2. The highest BCUT2D eigenvalue weighted by Gasteiger charge is 2.12. The molecule has 0 aliphatic carbocycles. The van der Waals surface area contributed by atoms with E-state index in [0.29, 0.717) is 16.9 Å². The maximum atomic E-state index is 11.2. The van der Waals surface area contributed by atoms with Crippen LogP contribution in [0.25, 0.3) is 11.0 Å². The molecule has 0 aliphatic rings. The molecule has 0 saturated carbocycles. The number of ketones is 2. The second-order valence-electron chi connectivity index (χ2n) is 4.35. The molecule has 0 bridgehead atoms. The van der Waals surface area contributed by atoms with E-state index >= 15 is 0 Å². The molecule has 106 valence electrons. The molecule has 2 rings (SSSR count). The van der Waals surface area contributed by atoms with E-state index in [2.05, 4.69) is 25.9 Å². The van der Waals surface area contributed by atoms with E-state index in [4.69, 9.17) is 5.73 Å². The van der Waals surface area contributed by atoms with Crippen LogP contribution in [0.4, 0.5) is 11.8 Å². The molecule has 0 amide bonds. The average molecular weight is 277 g/mol. The second-order valence-corrected chi connectivity index (χ2v) is 4.35. The lowest BCUT2D eigenvalue weighted by Crippen LogP contribution is -2.27. The van der Waals surface area contributed by atoms with Crippen molar-refractivity contribution in [1.82, 2.24) is 25.2 Å². The first kappa shape index (κ1) is 13.9. The summed E-state index contributed by atoms with van der Waals surface area (Å²) < 4.78 is 1.45. The smallest absolute Gasteiger partial charge is 0.224 e. The number of aromatic nitrogens is 4. The number of rotatable bonds is 6. The fourth-order valence-corrected chi connectivity index (χ4v) is 1.65. The molecule has 9 heteroatoms. The number of anilines is 2. The predicted molar refractivity (Wildman–Crippen MR) is 72.7 cm³/mol. The molecular weight excluding hydrogens is 262 g/mol. The number of nitrogens with two attached hydrogens (primary N) is 1. The molecule has 2 aromatic rings. The van der Waals surface area contributed by atoms with Crippen molar-refractivity contribution < 1.29 is 9.59 Å². The second kappa shape index (κ2) is 5.61. The van der Waals surface area contributed by atoms with Gasteiger partial charge in [-0.3, -0.25) is 9.59 Å². The summed E-state index contributed by atoms with van der Waals surface area (Å²) in [5.41, 5.74) is 11.6. The summed E-state index contributed by atoms with van der Waals surface area (Å²) in [5.74, 6) is 0.387. The van der Waals surface area contributed by atoms with Gasteiger partial charge in [0.05, 0.1) is 18.1 Å². The Kier molecular flexibility index (Phi) is 3.89. The van der Waals surface area contributed by atoms with Crippen LogP contribution in [0.15, 0.2) is 6.20 Å². The number of nitrogen functional groups attached to an aromatic ring is 1. The first-order valence-corrected chi connectivity index (χ1v) is 5.94. The standard InChI is InChI=1S/C11H15N7O2/c1-6(19)3-13-17-9-8-4-14-18(5-7(2)20)10(8)16-11(12)15-9/h4,13H,3,5H2,1-2H3,(H3,12,15,16,17). The quantitative estimate of drug-likeness (QED) is 0.603. The van der Waals surface area contributed by atoms with E-state index in [-0.39, 0.29) is 30.6 Å². The minimum atomic E-state index is -0.0450. The Labute approximate surface area is 114 Å². The largest absolute Gasteiger partial charge is 0.368 e. The van der Waals surface area contributed by atoms with E-state index in [1.165, 1.54) is 24.7 Å². The van der Waals surface area contributed by atoms with Gasteiger partial charge in [0, 0.05) is 0 Å². The summed E-state index contributed by atoms with van der Waals surface area (Å²) in [6.45, 7) is 3.18. The third-order valence-corrected chi connectivity index (χ3v) is 2.43. The molecule has 0 unspecified atom stereocenters. The summed E-state index contributed by atoms with van der Waals surface area (Å²) in [6.07, 6.45) is 1.54. The van der Waals surface area contributed by atoms with Gasteiger partial charge in [-0.05, 0) is 13.8 Å². The van der Waals surface area contributed by atoms with Gasteiger partial charge < -0.3 is 11.2 Å². The number of hydrogen-bond donors (Lipinski definition) is 3. The van der Waals surface area contributed by atoms with Crippen molar-refractivity contribution in [1.29, 1.82) is 0 Å². The minimum Gasteiger partial charge on any atom is -0.368 e. The van der Waals surface area contributed by atoms with Crippen molar-refractivity contribution in [3.8, 4) is 0 Å². The van der Waals surface area contributed by atoms with E-state index in [9.17, 15) is 9.59 Å². The molecule has 0 aliphatic heterocycles. The Balaban J connectivity index is 2.32. The molecule has 20 heavy (non-hydrogen) atoms. The van der Waals surface area contributed by atoms with Crippen molar-refractivity contribution in [2.75, 3.05) is 17.7 Å². The zero-order valence-corrected chi connectivity index (χ0v) is 11.2. The Morgan fingerprint density at radius 3 is 2.70 bits per heavy atom. The van der Waals surface area contributed by atoms with Crippen LogP contribution in [-0.2, 0) is 16.1 Å². The molecule has 4 N–H and O–H groups in total. The molecule has 2 heterocycles. The molecule has 0 saturated heterocycles. The van der Waals surface area contributed by atoms with Crippen molar-refractivity contribution in [3.63, 3.8) is 0 Å². The summed E-state index contributed by atoms with van der Waals surface area (Å²) in [5, 5.41) is 4.69. The zero-order chi connectivity index (χ0) is 14.7. The maximum absolute atomic E-state index is 11.2. The number of fused-ring (bicyclic) bond motifs is 1. The van der Waals surface area contributed by atoms with Crippen LogP contribution in [0, 0.1) is 0 Å². The Morgan fingerprint density at radius 1 is 1.30 bits per heavy atom. The minimum absolute atomic E-state index is 0.0250. The van der Waals surface area contributed by atoms with Crippen molar-refractivity contribution >= 4 is 34.4 Å². The van der Waals surface area contributed by atoms with Gasteiger partial charge in [-0.1, -0.05) is 0 Å². The molecule has 9 nitrogen and oxygen atoms in total. The topological polar surface area (TPSA) is 128 Å². The molecule has 2 aromatic heterocycles. The molecule has 0 atom stereocenters. The maximum Gasteiger partial charge on any atom is 0.224 e. The number of hydrogen-bond acceptors (Lipinski definition) is 8. The number of Topliss-reactive ketones (excluding diaryl/α,β-unsaturated/α-hetero) is 2. The third kappa shape index (κ3) is 3.06. The monoisotopic (exact) mass is 277 g/mol. The van der Waals surface area contributed by atoms with Gasteiger partial charge in [0.15, 0.2) is 17.2 Å². The van der Waals surface area contributed by atoms with Gasteiger partial charge in [0.1, 0.15) is 12.3 Å². The van der Waals surface area contributed by atoms with E-state index in [1.807, 2.05) is 0 Å². The Bertz CT molecular complexity index is 664. The highest BCUT2D eigenvalue weighted by atomic mass is 16.1. The molecule has 0 fully saturated rings. The number of hydrazine groups is 1. The van der Waals surface area contributed by atoms with Crippen LogP contribution in [0.3, 0.4) is 0 Å². The van der Waals surface area contributed by atoms with Gasteiger partial charge in [-0.15, -0.1) is 0 Å². The number of carbonyl (C=O) groups is 2. The number of nitrogens with one attached hydrogen (secondary N) is 2. The number of nitrogens with zero attached hydrogens (tertiary/aromatic N) is 4. The van der Waals surface area contributed by atoms with Gasteiger partial charge >= 0.3 is 0 Å². The van der Waals surface area contributed by atoms with E-state index < -0.39 is 0 Å². The first-order valence-electron chi connectivity index (χ1n) is 5.94. The van der Waals surface area contributed by atoms with Gasteiger partial charge in [-0.25, -0.2) is 10.1 Å². The summed E-state index contributed by atoms with van der Waals surface area (Å²) in [7, 11) is 0. The summed E-state index contributed by atoms with van der Waals surface area (Å²) in [4.78, 5) is 30.2. The van der Waals surface area contributed by atoms with Crippen LogP contribution in [0.1, 0.15) is 13.8 Å². The van der Waals surface area contributed by atoms with Crippen LogP contribution < -0.4 is 16.6 Å². The first-order chi connectivity index (χ1) is 9.47. The fourth-order valence-electron chi connectivity index (χ4n) is 1.65. The number of carbonyl (C=O) groups excluding carboxylic acids is 2. The zero-order valence-electron chi connectivity index (χ0n) is 11.2. The van der Waals surface area contributed by atoms with Crippen LogP contribution >= 0.6 is 0 Å². The molecule has 0 spiro atoms. The van der Waals surface area contributed by atoms with Gasteiger partial charge in [-0.2, -0.15) is 15.1 Å². The van der Waals surface area contributed by atoms with Crippen molar-refractivity contribution in [2.24, 2.45) is 0 Å².